The molecule has 10 aromatic carbocycles. The van der Waals surface area contributed by atoms with Gasteiger partial charge in [0, 0.05) is 27.9 Å². The number of benzene rings is 10. The van der Waals surface area contributed by atoms with Gasteiger partial charge in [-0.1, -0.05) is 133 Å². The zero-order valence-corrected chi connectivity index (χ0v) is 38.5. The van der Waals surface area contributed by atoms with E-state index in [4.69, 9.17) is 4.98 Å². The third kappa shape index (κ3) is 8.14. The highest BCUT2D eigenvalue weighted by atomic mass is 19.4. The molecule has 0 spiro atoms. The van der Waals surface area contributed by atoms with Gasteiger partial charge in [-0.2, -0.15) is 65.9 Å². The van der Waals surface area contributed by atoms with Crippen molar-refractivity contribution < 1.29 is 65.9 Å². The molecule has 0 aliphatic carbocycles. The lowest BCUT2D eigenvalue weighted by molar-refractivity contribution is -0.289. The third-order valence-corrected chi connectivity index (χ3v) is 13.6. The quantitative estimate of drug-likeness (QED) is 0.110. The Hall–Kier alpha value is -8.34. The van der Waals surface area contributed by atoms with Crippen LogP contribution in [0.15, 0.2) is 188 Å². The molecule has 0 bridgehead atoms. The summed E-state index contributed by atoms with van der Waals surface area (Å²) < 4.78 is 208. The summed E-state index contributed by atoms with van der Waals surface area (Å²) in [5, 5.41) is 3.52. The first-order chi connectivity index (χ1) is 35.8. The zero-order valence-electron chi connectivity index (χ0n) is 38.5. The smallest absolute Gasteiger partial charge is 0.292 e. The number of nitrogens with zero attached hydrogens (tertiary/aromatic N) is 2. The second-order valence-corrected chi connectivity index (χ2v) is 18.2. The standard InChI is InChI=1S/C59H31F15N2/c60-54(61,57(66,67)68)41-22-24-44(25-23-41)76-50-8-4-3-7-49(50)75-53(76)33-11-9-32(10-12-33)38-19-26-47-48(31-38)52(40-16-14-37-30-43(21-18-35(37)28-40)56(64,65)59(72,73)74)46-6-2-1-5-45(46)51(47)39-15-13-36-29-42(20-17-34(36)27-39)55(62,63)58(69,70)71/h1-31H. The lowest BCUT2D eigenvalue weighted by Crippen LogP contribution is -2.33. The molecule has 2 nitrogen and oxygen atoms in total. The minimum absolute atomic E-state index is 0.108. The molecule has 11 aromatic rings. The number of imidazole rings is 1. The number of rotatable bonds is 8. The maximum absolute atomic E-state index is 14.5. The molecule has 0 saturated carbocycles. The fraction of sp³-hybridized carbons (Fsp3) is 0.102. The number of hydrogen-bond donors (Lipinski definition) is 0. The number of hydrogen-bond acceptors (Lipinski definition) is 1. The highest BCUT2D eigenvalue weighted by Gasteiger charge is 2.60. The first kappa shape index (κ1) is 49.9. The van der Waals surface area contributed by atoms with E-state index < -0.39 is 53.0 Å². The minimum atomic E-state index is -5.84. The van der Waals surface area contributed by atoms with Crippen molar-refractivity contribution in [3.63, 3.8) is 0 Å². The van der Waals surface area contributed by atoms with Crippen molar-refractivity contribution in [3.05, 3.63) is 205 Å². The van der Waals surface area contributed by atoms with E-state index in [1.807, 2.05) is 30.3 Å². The lowest BCUT2D eigenvalue weighted by Gasteiger charge is -2.21. The molecule has 0 aliphatic rings. The van der Waals surface area contributed by atoms with Gasteiger partial charge in [-0.15, -0.1) is 0 Å². The molecular weight excluding hydrogens is 1020 g/mol. The summed E-state index contributed by atoms with van der Waals surface area (Å²) in [5.74, 6) is -15.0. The average molecular weight is 1050 g/mol. The first-order valence-corrected chi connectivity index (χ1v) is 22.9. The van der Waals surface area contributed by atoms with Crippen LogP contribution in [0.3, 0.4) is 0 Å². The van der Waals surface area contributed by atoms with E-state index in [2.05, 4.69) is 0 Å². The normalized spacial score (nSPS) is 13.2. The fourth-order valence-electron chi connectivity index (χ4n) is 9.78. The zero-order chi connectivity index (χ0) is 53.9. The van der Waals surface area contributed by atoms with Gasteiger partial charge < -0.3 is 0 Å². The van der Waals surface area contributed by atoms with Crippen LogP contribution in [0.4, 0.5) is 65.9 Å². The molecule has 0 aliphatic heterocycles. The van der Waals surface area contributed by atoms with E-state index in [1.54, 1.807) is 89.5 Å². The van der Waals surface area contributed by atoms with E-state index in [9.17, 15) is 65.9 Å². The van der Waals surface area contributed by atoms with E-state index in [0.29, 0.717) is 100 Å². The highest BCUT2D eigenvalue weighted by molar-refractivity contribution is 6.22. The van der Waals surface area contributed by atoms with E-state index >= 15 is 0 Å². The van der Waals surface area contributed by atoms with E-state index in [-0.39, 0.29) is 16.5 Å². The topological polar surface area (TPSA) is 17.8 Å². The molecule has 1 aromatic heterocycles. The van der Waals surface area contributed by atoms with Crippen LogP contribution in [0.2, 0.25) is 0 Å². The van der Waals surface area contributed by atoms with Gasteiger partial charge in [-0.05, 0) is 131 Å². The van der Waals surface area contributed by atoms with Crippen molar-refractivity contribution >= 4 is 54.1 Å². The molecule has 382 valence electrons. The second-order valence-electron chi connectivity index (χ2n) is 18.2. The summed E-state index contributed by atoms with van der Waals surface area (Å²) in [4.78, 5) is 4.79. The van der Waals surface area contributed by atoms with Gasteiger partial charge in [0.1, 0.15) is 5.82 Å². The number of aromatic nitrogens is 2. The second kappa shape index (κ2) is 17.4. The van der Waals surface area contributed by atoms with Crippen molar-refractivity contribution in [2.45, 2.75) is 36.3 Å². The Morgan fingerprint density at radius 2 is 0.697 bits per heavy atom. The molecule has 0 amide bonds. The van der Waals surface area contributed by atoms with Crippen molar-refractivity contribution in [2.24, 2.45) is 0 Å². The predicted molar refractivity (Wildman–Crippen MR) is 263 cm³/mol. The summed E-state index contributed by atoms with van der Waals surface area (Å²) in [6.45, 7) is 0. The van der Waals surface area contributed by atoms with Crippen LogP contribution >= 0.6 is 0 Å². The molecule has 0 unspecified atom stereocenters. The molecule has 0 N–H and O–H groups in total. The van der Waals surface area contributed by atoms with Crippen molar-refractivity contribution in [1.29, 1.82) is 0 Å². The molecule has 11 rings (SSSR count). The minimum Gasteiger partial charge on any atom is -0.292 e. The highest BCUT2D eigenvalue weighted by Crippen LogP contribution is 2.50. The van der Waals surface area contributed by atoms with E-state index in [0.717, 1.165) is 36.4 Å². The number of fused-ring (bicyclic) bond motifs is 5. The Morgan fingerprint density at radius 3 is 1.22 bits per heavy atom. The molecular formula is C59H31F15N2. The summed E-state index contributed by atoms with van der Waals surface area (Å²) in [7, 11) is 0. The Bertz CT molecular complexity index is 4090. The Morgan fingerprint density at radius 1 is 0.303 bits per heavy atom. The Balaban J connectivity index is 1.07. The fourth-order valence-corrected chi connectivity index (χ4v) is 9.78. The van der Waals surface area contributed by atoms with Gasteiger partial charge in [-0.25, -0.2) is 4.98 Å². The molecule has 17 heteroatoms. The molecule has 76 heavy (non-hydrogen) atoms. The SMILES string of the molecule is FC(F)(F)C(F)(F)c1ccc(-n2c(-c3ccc(-c4ccc5c(-c6ccc7cc(C(F)(F)C(F)(F)F)ccc7c6)c6ccccc6c(-c6ccc7cc(C(F)(F)C(F)(F)F)ccc7c6)c5c4)cc3)nc3ccccc32)cc1. The predicted octanol–water partition coefficient (Wildman–Crippen LogP) is 19.3. The monoisotopic (exact) mass is 1050 g/mol. The van der Waals surface area contributed by atoms with Crippen LogP contribution in [-0.2, 0) is 17.8 Å². The van der Waals surface area contributed by atoms with Crippen LogP contribution in [0.25, 0.3) is 105 Å². The maximum Gasteiger partial charge on any atom is 0.458 e. The van der Waals surface area contributed by atoms with Crippen LogP contribution in [-0.4, -0.2) is 28.1 Å². The average Bonchev–Trinajstić information content (AvgIpc) is 3.87. The summed E-state index contributed by atoms with van der Waals surface area (Å²) in [6.07, 6.45) is -17.5. The number of alkyl halides is 15. The van der Waals surface area contributed by atoms with Gasteiger partial charge in [0.05, 0.1) is 11.0 Å². The first-order valence-electron chi connectivity index (χ1n) is 22.9. The van der Waals surface area contributed by atoms with Crippen molar-refractivity contribution in [1.82, 2.24) is 9.55 Å². The van der Waals surface area contributed by atoms with Gasteiger partial charge in [0.25, 0.3) is 0 Å². The number of halogens is 15. The van der Waals surface area contributed by atoms with Crippen LogP contribution in [0, 0.1) is 0 Å². The maximum atomic E-state index is 14.5. The van der Waals surface area contributed by atoms with Gasteiger partial charge in [-0.3, -0.25) is 4.57 Å². The lowest BCUT2D eigenvalue weighted by atomic mass is 9.84. The van der Waals surface area contributed by atoms with Gasteiger partial charge in [0.15, 0.2) is 0 Å². The molecule has 0 radical (unpaired) electrons. The molecule has 1 heterocycles. The van der Waals surface area contributed by atoms with Crippen molar-refractivity contribution in [3.8, 4) is 50.5 Å². The van der Waals surface area contributed by atoms with Crippen LogP contribution in [0.1, 0.15) is 16.7 Å². The third-order valence-electron chi connectivity index (χ3n) is 13.6. The van der Waals surface area contributed by atoms with Crippen LogP contribution < -0.4 is 0 Å². The van der Waals surface area contributed by atoms with Gasteiger partial charge in [0.2, 0.25) is 0 Å². The molecule has 0 saturated heterocycles. The van der Waals surface area contributed by atoms with Crippen LogP contribution in [0.5, 0.6) is 0 Å². The van der Waals surface area contributed by atoms with E-state index in [1.165, 1.54) is 24.3 Å². The summed E-state index contributed by atoms with van der Waals surface area (Å²) in [6, 6.07) is 45.3. The number of para-hydroxylation sites is 2. The Labute approximate surface area is 419 Å². The summed E-state index contributed by atoms with van der Waals surface area (Å²) >= 11 is 0. The molecule has 0 atom stereocenters. The summed E-state index contributed by atoms with van der Waals surface area (Å²) in [5.41, 5.74) is 1.86. The Kier molecular flexibility index (Phi) is 11.4. The van der Waals surface area contributed by atoms with Gasteiger partial charge >= 0.3 is 36.3 Å². The largest absolute Gasteiger partial charge is 0.458 e. The molecule has 0 fully saturated rings. The van der Waals surface area contributed by atoms with Crippen molar-refractivity contribution in [2.75, 3.05) is 0 Å².